The fourth-order valence-corrected chi connectivity index (χ4v) is 6.22. The molecule has 2 atom stereocenters. The Labute approximate surface area is 200 Å². The first-order chi connectivity index (χ1) is 16.3. The smallest absolute Gasteiger partial charge is 0.274 e. The van der Waals surface area contributed by atoms with Crippen LogP contribution >= 0.6 is 0 Å². The summed E-state index contributed by atoms with van der Waals surface area (Å²) in [7, 11) is 1.81. The predicted octanol–water partition coefficient (Wildman–Crippen LogP) is 5.99. The molecule has 34 heavy (non-hydrogen) atoms. The Kier molecular flexibility index (Phi) is 4.54. The predicted molar refractivity (Wildman–Crippen MR) is 133 cm³/mol. The highest BCUT2D eigenvalue weighted by molar-refractivity contribution is 6.08. The molecule has 174 valence electrons. The number of para-hydroxylation sites is 1. The number of benzene rings is 2. The van der Waals surface area contributed by atoms with Gasteiger partial charge in [0, 0.05) is 30.1 Å². The van der Waals surface area contributed by atoms with E-state index in [0.717, 1.165) is 55.3 Å². The summed E-state index contributed by atoms with van der Waals surface area (Å²) in [5.74, 6) is 0.358. The van der Waals surface area contributed by atoms with Crippen LogP contribution in [-0.2, 0) is 10.3 Å². The van der Waals surface area contributed by atoms with E-state index >= 15 is 0 Å². The molecule has 0 radical (unpaired) electrons. The van der Waals surface area contributed by atoms with E-state index < -0.39 is 5.54 Å². The standard InChI is InChI=1S/C29H31N3O2/c1-27(2)17-21(11-14-34-27)20-9-10-24-22(15-20)16-25(26(33)31(3)23-7-5-4-6-8-23)32(24)29(19-30)18-28(29)12-13-28/h4-10,15-16,21H,11-14,17-18H2,1-3H3/t21-,29?/m0/s1. The largest absolute Gasteiger partial charge is 0.376 e. The number of nitrogens with zero attached hydrogens (tertiary/aromatic N) is 3. The summed E-state index contributed by atoms with van der Waals surface area (Å²) >= 11 is 0. The second kappa shape index (κ2) is 7.20. The SMILES string of the molecule is CN(C(=O)c1cc2cc([C@H]3CCOC(C)(C)C3)ccc2n1C1(C#N)CC12CC2)c1ccccc1. The molecule has 1 saturated heterocycles. The molecule has 0 N–H and O–H groups in total. The number of hydrogen-bond donors (Lipinski definition) is 0. The van der Waals surface area contributed by atoms with Gasteiger partial charge in [0.25, 0.3) is 5.91 Å². The number of fused-ring (bicyclic) bond motifs is 1. The van der Waals surface area contributed by atoms with E-state index in [1.165, 1.54) is 5.56 Å². The highest BCUT2D eigenvalue weighted by atomic mass is 16.5. The van der Waals surface area contributed by atoms with Crippen LogP contribution in [0.1, 0.15) is 67.9 Å². The Morgan fingerprint density at radius 1 is 1.15 bits per heavy atom. The molecule has 2 aliphatic carbocycles. The molecule has 1 aromatic heterocycles. The maximum absolute atomic E-state index is 13.8. The summed E-state index contributed by atoms with van der Waals surface area (Å²) in [6, 6.07) is 20.9. The number of amides is 1. The normalized spacial score (nSPS) is 26.2. The van der Waals surface area contributed by atoms with Gasteiger partial charge in [0.1, 0.15) is 11.2 Å². The molecule has 3 aliphatic rings. The van der Waals surface area contributed by atoms with Gasteiger partial charge in [-0.05, 0) is 87.8 Å². The topological polar surface area (TPSA) is 58.3 Å². The fourth-order valence-electron chi connectivity index (χ4n) is 6.22. The Hall–Kier alpha value is -3.10. The Bertz CT molecular complexity index is 1330. The van der Waals surface area contributed by atoms with E-state index in [1.54, 1.807) is 4.90 Å². The van der Waals surface area contributed by atoms with Gasteiger partial charge >= 0.3 is 0 Å². The Morgan fingerprint density at radius 2 is 1.91 bits per heavy atom. The minimum Gasteiger partial charge on any atom is -0.376 e. The molecule has 3 fully saturated rings. The molecule has 1 spiro atoms. The summed E-state index contributed by atoms with van der Waals surface area (Å²) in [6.07, 6.45) is 4.96. The van der Waals surface area contributed by atoms with Crippen molar-refractivity contribution < 1.29 is 9.53 Å². The molecule has 1 amide bonds. The van der Waals surface area contributed by atoms with Crippen LogP contribution in [0.4, 0.5) is 5.69 Å². The molecule has 3 aromatic rings. The summed E-state index contributed by atoms with van der Waals surface area (Å²) < 4.78 is 8.01. The van der Waals surface area contributed by atoms with E-state index in [9.17, 15) is 10.1 Å². The number of rotatable bonds is 4. The number of carbonyl (C=O) groups excluding carboxylic acids is 1. The second-order valence-corrected chi connectivity index (χ2v) is 11.1. The highest BCUT2D eigenvalue weighted by Gasteiger charge is 2.77. The molecule has 0 bridgehead atoms. The number of aromatic nitrogens is 1. The van der Waals surface area contributed by atoms with Crippen molar-refractivity contribution in [3.63, 3.8) is 0 Å². The zero-order chi connectivity index (χ0) is 23.7. The third kappa shape index (κ3) is 3.12. The van der Waals surface area contributed by atoms with Gasteiger partial charge in [-0.25, -0.2) is 0 Å². The Morgan fingerprint density at radius 3 is 2.56 bits per heavy atom. The van der Waals surface area contributed by atoms with E-state index in [4.69, 9.17) is 4.74 Å². The minimum absolute atomic E-state index is 0.0530. The van der Waals surface area contributed by atoms with Crippen molar-refractivity contribution in [1.82, 2.24) is 4.57 Å². The van der Waals surface area contributed by atoms with Crippen LogP contribution in [0.15, 0.2) is 54.6 Å². The summed E-state index contributed by atoms with van der Waals surface area (Å²) in [6.45, 7) is 5.08. The quantitative estimate of drug-likeness (QED) is 0.487. The number of carbonyl (C=O) groups is 1. The molecule has 5 nitrogen and oxygen atoms in total. The van der Waals surface area contributed by atoms with Gasteiger partial charge in [0.15, 0.2) is 0 Å². The van der Waals surface area contributed by atoms with Crippen molar-refractivity contribution >= 4 is 22.5 Å². The van der Waals surface area contributed by atoms with Crippen LogP contribution in [-0.4, -0.2) is 29.7 Å². The van der Waals surface area contributed by atoms with Crippen molar-refractivity contribution in [2.24, 2.45) is 5.41 Å². The van der Waals surface area contributed by atoms with Gasteiger partial charge in [0.05, 0.1) is 17.2 Å². The van der Waals surface area contributed by atoms with Crippen molar-refractivity contribution in [1.29, 1.82) is 5.26 Å². The molecular formula is C29H31N3O2. The lowest BCUT2D eigenvalue weighted by Crippen LogP contribution is -2.33. The first kappa shape index (κ1) is 21.4. The third-order valence-electron chi connectivity index (χ3n) is 8.43. The average molecular weight is 454 g/mol. The first-order valence-electron chi connectivity index (χ1n) is 12.3. The molecular weight excluding hydrogens is 422 g/mol. The van der Waals surface area contributed by atoms with Crippen LogP contribution in [0, 0.1) is 16.7 Å². The Balaban J connectivity index is 1.46. The number of ether oxygens (including phenoxy) is 1. The van der Waals surface area contributed by atoms with E-state index in [2.05, 4.69) is 42.7 Å². The zero-order valence-electron chi connectivity index (χ0n) is 20.2. The average Bonchev–Trinajstić information content (AvgIpc) is 3.72. The minimum atomic E-state index is -0.612. The number of nitriles is 1. The molecule has 2 heterocycles. The fraction of sp³-hybridized carbons (Fsp3) is 0.448. The van der Waals surface area contributed by atoms with Crippen LogP contribution in [0.3, 0.4) is 0 Å². The van der Waals surface area contributed by atoms with Crippen LogP contribution in [0.25, 0.3) is 10.9 Å². The van der Waals surface area contributed by atoms with Gasteiger partial charge in [-0.3, -0.25) is 4.79 Å². The lowest BCUT2D eigenvalue weighted by atomic mass is 9.83. The monoisotopic (exact) mass is 453 g/mol. The third-order valence-corrected chi connectivity index (χ3v) is 8.43. The van der Waals surface area contributed by atoms with Gasteiger partial charge in [-0.15, -0.1) is 0 Å². The summed E-state index contributed by atoms with van der Waals surface area (Å²) in [4.78, 5) is 15.5. The first-order valence-corrected chi connectivity index (χ1v) is 12.3. The molecule has 1 aliphatic heterocycles. The highest BCUT2D eigenvalue weighted by Crippen LogP contribution is 2.77. The van der Waals surface area contributed by atoms with Gasteiger partial charge < -0.3 is 14.2 Å². The molecule has 6 rings (SSSR count). The summed E-state index contributed by atoms with van der Waals surface area (Å²) in [5.41, 5.74) is 3.05. The van der Waals surface area contributed by atoms with Crippen LogP contribution in [0.2, 0.25) is 0 Å². The van der Waals surface area contributed by atoms with Crippen molar-refractivity contribution in [2.45, 2.75) is 63.0 Å². The van der Waals surface area contributed by atoms with E-state index in [0.29, 0.717) is 11.6 Å². The van der Waals surface area contributed by atoms with Crippen molar-refractivity contribution in [2.75, 3.05) is 18.6 Å². The van der Waals surface area contributed by atoms with Gasteiger partial charge in [-0.2, -0.15) is 5.26 Å². The molecule has 2 aromatic carbocycles. The molecule has 2 saturated carbocycles. The van der Waals surface area contributed by atoms with Crippen molar-refractivity contribution in [3.05, 3.63) is 65.9 Å². The molecule has 1 unspecified atom stereocenters. The van der Waals surface area contributed by atoms with Crippen LogP contribution in [0.5, 0.6) is 0 Å². The lowest BCUT2D eigenvalue weighted by Gasteiger charge is -2.35. The number of anilines is 1. The molecule has 5 heteroatoms. The van der Waals surface area contributed by atoms with Crippen LogP contribution < -0.4 is 4.90 Å². The van der Waals surface area contributed by atoms with E-state index in [1.807, 2.05) is 43.4 Å². The van der Waals surface area contributed by atoms with E-state index in [-0.39, 0.29) is 16.9 Å². The second-order valence-electron chi connectivity index (χ2n) is 11.1. The zero-order valence-corrected chi connectivity index (χ0v) is 20.2. The maximum Gasteiger partial charge on any atom is 0.274 e. The number of hydrogen-bond acceptors (Lipinski definition) is 3. The maximum atomic E-state index is 13.8. The summed E-state index contributed by atoms with van der Waals surface area (Å²) in [5, 5.41) is 11.4. The van der Waals surface area contributed by atoms with Gasteiger partial charge in [0.2, 0.25) is 0 Å². The van der Waals surface area contributed by atoms with Crippen molar-refractivity contribution in [3.8, 4) is 6.07 Å². The van der Waals surface area contributed by atoms with Gasteiger partial charge in [-0.1, -0.05) is 24.3 Å². The lowest BCUT2D eigenvalue weighted by molar-refractivity contribution is -0.0592.